The molecular formula is C26H26N2O4. The summed E-state index contributed by atoms with van der Waals surface area (Å²) in [6.07, 6.45) is 0.444. The van der Waals surface area contributed by atoms with E-state index in [1.165, 1.54) is 7.11 Å². The number of hydrogen-bond acceptors (Lipinski definition) is 5. The van der Waals surface area contributed by atoms with Crippen LogP contribution in [0.15, 0.2) is 78.9 Å². The molecule has 1 aliphatic heterocycles. The molecule has 0 aromatic heterocycles. The van der Waals surface area contributed by atoms with E-state index in [0.717, 1.165) is 16.7 Å². The predicted molar refractivity (Wildman–Crippen MR) is 122 cm³/mol. The minimum Gasteiger partial charge on any atom is -0.508 e. The Bertz CT molecular complexity index is 1100. The molecule has 1 amide bonds. The molecule has 0 bridgehead atoms. The van der Waals surface area contributed by atoms with Gasteiger partial charge in [-0.25, -0.2) is 0 Å². The highest BCUT2D eigenvalue weighted by Crippen LogP contribution is 2.27. The maximum atomic E-state index is 13.2. The molecular weight excluding hydrogens is 404 g/mol. The lowest BCUT2D eigenvalue weighted by molar-refractivity contribution is -0.146. The highest BCUT2D eigenvalue weighted by Gasteiger charge is 2.38. The van der Waals surface area contributed by atoms with Crippen LogP contribution in [-0.2, 0) is 16.1 Å². The number of methoxy groups -OCH3 is 1. The van der Waals surface area contributed by atoms with Gasteiger partial charge in [0.1, 0.15) is 11.8 Å². The second kappa shape index (κ2) is 9.66. The van der Waals surface area contributed by atoms with Crippen molar-refractivity contribution in [3.8, 4) is 16.9 Å². The lowest BCUT2D eigenvalue weighted by atomic mass is 9.99. The van der Waals surface area contributed by atoms with Crippen LogP contribution in [0.3, 0.4) is 0 Å². The first-order valence-corrected chi connectivity index (χ1v) is 10.6. The SMILES string of the molecule is COC(=O)[C@@H]1C[C@H](NC(=O)c2ccccc2-c2ccccc2)CN1Cc1ccccc1O. The molecule has 164 valence electrons. The summed E-state index contributed by atoms with van der Waals surface area (Å²) < 4.78 is 4.99. The van der Waals surface area contributed by atoms with Crippen LogP contribution < -0.4 is 5.32 Å². The average molecular weight is 431 g/mol. The van der Waals surface area contributed by atoms with Gasteiger partial charge < -0.3 is 15.2 Å². The van der Waals surface area contributed by atoms with E-state index in [9.17, 15) is 14.7 Å². The van der Waals surface area contributed by atoms with E-state index in [1.54, 1.807) is 12.1 Å². The monoisotopic (exact) mass is 430 g/mol. The van der Waals surface area contributed by atoms with E-state index in [-0.39, 0.29) is 23.7 Å². The smallest absolute Gasteiger partial charge is 0.323 e. The molecule has 3 aromatic rings. The molecule has 1 fully saturated rings. The molecule has 0 saturated carbocycles. The number of nitrogens with zero attached hydrogens (tertiary/aromatic N) is 1. The van der Waals surface area contributed by atoms with E-state index in [4.69, 9.17) is 4.74 Å². The maximum Gasteiger partial charge on any atom is 0.323 e. The number of amides is 1. The van der Waals surface area contributed by atoms with E-state index >= 15 is 0 Å². The molecule has 2 N–H and O–H groups in total. The Hall–Kier alpha value is -3.64. The Balaban J connectivity index is 1.52. The Morgan fingerprint density at radius 2 is 1.69 bits per heavy atom. The summed E-state index contributed by atoms with van der Waals surface area (Å²) in [4.78, 5) is 27.5. The number of nitrogens with one attached hydrogen (secondary N) is 1. The quantitative estimate of drug-likeness (QED) is 0.584. The predicted octanol–water partition coefficient (Wildman–Crippen LogP) is 3.61. The molecule has 2 atom stereocenters. The summed E-state index contributed by atoms with van der Waals surface area (Å²) in [7, 11) is 1.36. The van der Waals surface area contributed by atoms with Gasteiger partial charge in [0.2, 0.25) is 0 Å². The Kier molecular flexibility index (Phi) is 6.52. The highest BCUT2D eigenvalue weighted by molar-refractivity contribution is 6.01. The lowest BCUT2D eigenvalue weighted by Gasteiger charge is -2.22. The third kappa shape index (κ3) is 4.65. The van der Waals surface area contributed by atoms with Gasteiger partial charge in [-0.1, -0.05) is 66.7 Å². The van der Waals surface area contributed by atoms with Crippen molar-refractivity contribution in [2.24, 2.45) is 0 Å². The molecule has 1 aliphatic rings. The molecule has 1 heterocycles. The number of ether oxygens (including phenoxy) is 1. The summed E-state index contributed by atoms with van der Waals surface area (Å²) in [5, 5.41) is 13.2. The lowest BCUT2D eigenvalue weighted by Crippen LogP contribution is -2.37. The fraction of sp³-hybridized carbons (Fsp3) is 0.231. The fourth-order valence-electron chi connectivity index (χ4n) is 4.24. The normalized spacial score (nSPS) is 18.3. The van der Waals surface area contributed by atoms with Gasteiger partial charge in [0.05, 0.1) is 7.11 Å². The first-order chi connectivity index (χ1) is 15.6. The molecule has 32 heavy (non-hydrogen) atoms. The first-order valence-electron chi connectivity index (χ1n) is 10.6. The molecule has 6 heteroatoms. The largest absolute Gasteiger partial charge is 0.508 e. The summed E-state index contributed by atoms with van der Waals surface area (Å²) in [6, 6.07) is 23.6. The number of aromatic hydroxyl groups is 1. The van der Waals surface area contributed by atoms with Crippen molar-refractivity contribution >= 4 is 11.9 Å². The summed E-state index contributed by atoms with van der Waals surface area (Å²) >= 11 is 0. The van der Waals surface area contributed by atoms with Crippen LogP contribution in [-0.4, -0.2) is 47.6 Å². The van der Waals surface area contributed by atoms with Gasteiger partial charge in [-0.3, -0.25) is 14.5 Å². The van der Waals surface area contributed by atoms with Crippen molar-refractivity contribution in [2.45, 2.75) is 25.0 Å². The van der Waals surface area contributed by atoms with Crippen molar-refractivity contribution in [2.75, 3.05) is 13.7 Å². The molecule has 0 unspecified atom stereocenters. The zero-order valence-corrected chi connectivity index (χ0v) is 17.9. The maximum absolute atomic E-state index is 13.2. The molecule has 0 spiro atoms. The van der Waals surface area contributed by atoms with Crippen LogP contribution in [0.1, 0.15) is 22.3 Å². The number of rotatable bonds is 6. The number of carbonyl (C=O) groups is 2. The number of esters is 1. The Morgan fingerprint density at radius 3 is 2.44 bits per heavy atom. The van der Waals surface area contributed by atoms with Crippen LogP contribution in [0.25, 0.3) is 11.1 Å². The second-order valence-electron chi connectivity index (χ2n) is 7.91. The summed E-state index contributed by atoms with van der Waals surface area (Å²) in [5.41, 5.74) is 3.15. The standard InChI is InChI=1S/C26H26N2O4/c1-32-26(31)23-15-20(17-28(23)16-19-11-5-8-14-24(19)29)27-25(30)22-13-7-6-12-21(22)18-9-3-2-4-10-18/h2-14,20,23,29H,15-17H2,1H3,(H,27,30)/t20-,23-/m0/s1. The Labute approximate surface area is 187 Å². The minimum atomic E-state index is -0.491. The second-order valence-corrected chi connectivity index (χ2v) is 7.91. The van der Waals surface area contributed by atoms with E-state index in [0.29, 0.717) is 25.1 Å². The van der Waals surface area contributed by atoms with Crippen LogP contribution in [0.2, 0.25) is 0 Å². The van der Waals surface area contributed by atoms with Gasteiger partial charge in [-0.2, -0.15) is 0 Å². The molecule has 4 rings (SSSR count). The van der Waals surface area contributed by atoms with Crippen molar-refractivity contribution in [3.63, 3.8) is 0 Å². The first kappa shape index (κ1) is 21.6. The average Bonchev–Trinajstić information content (AvgIpc) is 3.22. The molecule has 1 saturated heterocycles. The molecule has 3 aromatic carbocycles. The summed E-state index contributed by atoms with van der Waals surface area (Å²) in [5.74, 6) is -0.343. The molecule has 0 radical (unpaired) electrons. The van der Waals surface area contributed by atoms with Gasteiger partial charge in [0.15, 0.2) is 0 Å². The number of hydrogen-bond donors (Lipinski definition) is 2. The van der Waals surface area contributed by atoms with Crippen molar-refractivity contribution in [3.05, 3.63) is 90.0 Å². The number of likely N-dealkylation sites (tertiary alicyclic amines) is 1. The number of phenolic OH excluding ortho intramolecular Hbond substituents is 1. The van der Waals surface area contributed by atoms with Gasteiger partial charge in [-0.05, 0) is 29.7 Å². The third-order valence-corrected chi connectivity index (χ3v) is 5.83. The van der Waals surface area contributed by atoms with Crippen molar-refractivity contribution < 1.29 is 19.4 Å². The third-order valence-electron chi connectivity index (χ3n) is 5.83. The van der Waals surface area contributed by atoms with E-state index in [1.807, 2.05) is 71.6 Å². The molecule has 6 nitrogen and oxygen atoms in total. The zero-order chi connectivity index (χ0) is 22.5. The van der Waals surface area contributed by atoms with E-state index in [2.05, 4.69) is 5.32 Å². The number of carbonyl (C=O) groups excluding carboxylic acids is 2. The van der Waals surface area contributed by atoms with Gasteiger partial charge in [0.25, 0.3) is 5.91 Å². The Morgan fingerprint density at radius 1 is 1.00 bits per heavy atom. The summed E-state index contributed by atoms with van der Waals surface area (Å²) in [6.45, 7) is 0.868. The van der Waals surface area contributed by atoms with Gasteiger partial charge >= 0.3 is 5.97 Å². The van der Waals surface area contributed by atoms with Gasteiger partial charge in [0, 0.05) is 30.3 Å². The number of para-hydroxylation sites is 1. The van der Waals surface area contributed by atoms with Crippen molar-refractivity contribution in [1.82, 2.24) is 10.2 Å². The highest BCUT2D eigenvalue weighted by atomic mass is 16.5. The van der Waals surface area contributed by atoms with Crippen molar-refractivity contribution in [1.29, 1.82) is 0 Å². The number of phenols is 1. The van der Waals surface area contributed by atoms with Gasteiger partial charge in [-0.15, -0.1) is 0 Å². The van der Waals surface area contributed by atoms with Crippen LogP contribution >= 0.6 is 0 Å². The van der Waals surface area contributed by atoms with Crippen LogP contribution in [0.5, 0.6) is 5.75 Å². The molecule has 0 aliphatic carbocycles. The fourth-order valence-corrected chi connectivity index (χ4v) is 4.24. The zero-order valence-electron chi connectivity index (χ0n) is 17.9. The van der Waals surface area contributed by atoms with Crippen LogP contribution in [0.4, 0.5) is 0 Å². The van der Waals surface area contributed by atoms with E-state index < -0.39 is 6.04 Å². The topological polar surface area (TPSA) is 78.9 Å². The minimum absolute atomic E-state index is 0.178. The van der Waals surface area contributed by atoms with Crippen LogP contribution in [0, 0.1) is 0 Å². The number of benzene rings is 3.